The van der Waals surface area contributed by atoms with Gasteiger partial charge in [0, 0.05) is 25.2 Å². The third kappa shape index (κ3) is 1.88. The molecule has 0 saturated carbocycles. The van der Waals surface area contributed by atoms with Crippen molar-refractivity contribution in [2.24, 2.45) is 17.7 Å². The van der Waals surface area contributed by atoms with Crippen LogP contribution in [0.15, 0.2) is 0 Å². The van der Waals surface area contributed by atoms with Gasteiger partial charge in [-0.25, -0.2) is 0 Å². The van der Waals surface area contributed by atoms with Crippen LogP contribution in [-0.2, 0) is 9.47 Å². The van der Waals surface area contributed by atoms with Gasteiger partial charge in [0.25, 0.3) is 0 Å². The van der Waals surface area contributed by atoms with Gasteiger partial charge in [-0.05, 0) is 38.0 Å². The molecule has 0 aromatic heterocycles. The Labute approximate surface area is 96.8 Å². The lowest BCUT2D eigenvalue weighted by atomic mass is 9.76. The third-order valence-corrected chi connectivity index (χ3v) is 4.58. The summed E-state index contributed by atoms with van der Waals surface area (Å²) in [5, 5.41) is 0. The standard InChI is InChI=1S/C12H22N2O2/c13-14-12(8-3-5-15-6-4-8)10-7-9-1-2-11(10)16-9/h8-12,14H,1-7,13H2. The molecule has 0 aromatic rings. The van der Waals surface area contributed by atoms with E-state index in [1.165, 1.54) is 19.3 Å². The van der Waals surface area contributed by atoms with Gasteiger partial charge in [0.2, 0.25) is 0 Å². The smallest absolute Gasteiger partial charge is 0.0624 e. The second-order valence-electron chi connectivity index (χ2n) is 5.42. The third-order valence-electron chi connectivity index (χ3n) is 4.58. The zero-order valence-electron chi connectivity index (χ0n) is 9.73. The number of ether oxygens (including phenoxy) is 2. The molecule has 4 atom stereocenters. The van der Waals surface area contributed by atoms with E-state index < -0.39 is 0 Å². The summed E-state index contributed by atoms with van der Waals surface area (Å²) in [6, 6.07) is 0.430. The molecule has 3 fully saturated rings. The van der Waals surface area contributed by atoms with Crippen LogP contribution in [0.2, 0.25) is 0 Å². The van der Waals surface area contributed by atoms with E-state index in [4.69, 9.17) is 15.3 Å². The van der Waals surface area contributed by atoms with E-state index in [2.05, 4.69) is 5.43 Å². The number of rotatable bonds is 3. The maximum absolute atomic E-state index is 5.93. The van der Waals surface area contributed by atoms with Crippen molar-refractivity contribution < 1.29 is 9.47 Å². The van der Waals surface area contributed by atoms with Crippen LogP contribution in [0.5, 0.6) is 0 Å². The Balaban J connectivity index is 1.65. The molecular weight excluding hydrogens is 204 g/mol. The molecule has 3 saturated heterocycles. The summed E-state index contributed by atoms with van der Waals surface area (Å²) in [6.07, 6.45) is 6.96. The summed E-state index contributed by atoms with van der Waals surface area (Å²) in [5.41, 5.74) is 3.06. The fourth-order valence-electron chi connectivity index (χ4n) is 3.74. The van der Waals surface area contributed by atoms with Gasteiger partial charge >= 0.3 is 0 Å². The van der Waals surface area contributed by atoms with E-state index in [1.807, 2.05) is 0 Å². The molecule has 92 valence electrons. The molecular formula is C12H22N2O2. The Morgan fingerprint density at radius 1 is 1.12 bits per heavy atom. The number of hydrogen-bond donors (Lipinski definition) is 2. The van der Waals surface area contributed by atoms with E-state index in [9.17, 15) is 0 Å². The number of hydrogen-bond acceptors (Lipinski definition) is 4. The first kappa shape index (κ1) is 11.0. The summed E-state index contributed by atoms with van der Waals surface area (Å²) in [7, 11) is 0. The molecule has 3 aliphatic heterocycles. The zero-order valence-corrected chi connectivity index (χ0v) is 9.73. The second-order valence-corrected chi connectivity index (χ2v) is 5.42. The predicted octanol–water partition coefficient (Wildman–Crippen LogP) is 0.812. The fourth-order valence-corrected chi connectivity index (χ4v) is 3.74. The fraction of sp³-hybridized carbons (Fsp3) is 1.00. The van der Waals surface area contributed by atoms with E-state index in [1.54, 1.807) is 0 Å². The lowest BCUT2D eigenvalue weighted by Crippen LogP contribution is -2.50. The molecule has 3 aliphatic rings. The largest absolute Gasteiger partial charge is 0.381 e. The van der Waals surface area contributed by atoms with Gasteiger partial charge in [-0.1, -0.05) is 0 Å². The van der Waals surface area contributed by atoms with E-state index in [0.717, 1.165) is 26.1 Å². The van der Waals surface area contributed by atoms with E-state index >= 15 is 0 Å². The number of nitrogens with one attached hydrogen (secondary N) is 1. The summed E-state index contributed by atoms with van der Waals surface area (Å²) in [5.74, 6) is 7.07. The lowest BCUT2D eigenvalue weighted by molar-refractivity contribution is 0.0313. The first-order chi connectivity index (χ1) is 7.88. The average Bonchev–Trinajstić information content (AvgIpc) is 2.94. The van der Waals surface area contributed by atoms with E-state index in [0.29, 0.717) is 30.1 Å². The van der Waals surface area contributed by atoms with Crippen molar-refractivity contribution in [3.63, 3.8) is 0 Å². The zero-order chi connectivity index (χ0) is 11.0. The van der Waals surface area contributed by atoms with Crippen molar-refractivity contribution in [1.82, 2.24) is 5.43 Å². The van der Waals surface area contributed by atoms with Crippen LogP contribution in [-0.4, -0.2) is 31.5 Å². The van der Waals surface area contributed by atoms with Gasteiger partial charge in [-0.2, -0.15) is 0 Å². The van der Waals surface area contributed by atoms with Crippen molar-refractivity contribution in [3.05, 3.63) is 0 Å². The van der Waals surface area contributed by atoms with Crippen LogP contribution in [0.4, 0.5) is 0 Å². The predicted molar refractivity (Wildman–Crippen MR) is 60.7 cm³/mol. The highest BCUT2D eigenvalue weighted by atomic mass is 16.5. The summed E-state index contributed by atoms with van der Waals surface area (Å²) >= 11 is 0. The Bertz CT molecular complexity index is 243. The molecule has 0 amide bonds. The minimum atomic E-state index is 0.430. The van der Waals surface area contributed by atoms with Crippen molar-refractivity contribution in [1.29, 1.82) is 0 Å². The van der Waals surface area contributed by atoms with Gasteiger partial charge in [-0.3, -0.25) is 11.3 Å². The Kier molecular flexibility index (Phi) is 3.16. The summed E-state index contributed by atoms with van der Waals surface area (Å²) in [4.78, 5) is 0. The van der Waals surface area contributed by atoms with Crippen molar-refractivity contribution in [3.8, 4) is 0 Å². The van der Waals surface area contributed by atoms with Gasteiger partial charge in [0.15, 0.2) is 0 Å². The molecule has 4 unspecified atom stereocenters. The van der Waals surface area contributed by atoms with Crippen molar-refractivity contribution in [2.45, 2.75) is 50.4 Å². The van der Waals surface area contributed by atoms with Crippen LogP contribution < -0.4 is 11.3 Å². The highest BCUT2D eigenvalue weighted by molar-refractivity contribution is 4.97. The minimum absolute atomic E-state index is 0.430. The highest BCUT2D eigenvalue weighted by Crippen LogP contribution is 2.42. The Morgan fingerprint density at radius 2 is 1.94 bits per heavy atom. The van der Waals surface area contributed by atoms with Crippen molar-refractivity contribution in [2.75, 3.05) is 13.2 Å². The number of hydrazine groups is 1. The van der Waals surface area contributed by atoms with Crippen LogP contribution in [0.1, 0.15) is 32.1 Å². The molecule has 16 heavy (non-hydrogen) atoms. The quantitative estimate of drug-likeness (QED) is 0.552. The monoisotopic (exact) mass is 226 g/mol. The molecule has 0 aromatic carbocycles. The summed E-state index contributed by atoms with van der Waals surface area (Å²) < 4.78 is 11.4. The molecule has 0 spiro atoms. The lowest BCUT2D eigenvalue weighted by Gasteiger charge is -2.36. The van der Waals surface area contributed by atoms with Crippen LogP contribution in [0, 0.1) is 11.8 Å². The molecule has 4 heteroatoms. The first-order valence-corrected chi connectivity index (χ1v) is 6.58. The number of nitrogens with two attached hydrogens (primary N) is 1. The SMILES string of the molecule is NNC(C1CCOCC1)C1CC2CCC1O2. The van der Waals surface area contributed by atoms with Crippen LogP contribution >= 0.6 is 0 Å². The molecule has 0 aliphatic carbocycles. The van der Waals surface area contributed by atoms with Gasteiger partial charge in [0.05, 0.1) is 12.2 Å². The summed E-state index contributed by atoms with van der Waals surface area (Å²) in [6.45, 7) is 1.79. The van der Waals surface area contributed by atoms with Crippen LogP contribution in [0.25, 0.3) is 0 Å². The van der Waals surface area contributed by atoms with Gasteiger partial charge in [-0.15, -0.1) is 0 Å². The average molecular weight is 226 g/mol. The normalized spacial score (nSPS) is 41.4. The first-order valence-electron chi connectivity index (χ1n) is 6.58. The van der Waals surface area contributed by atoms with E-state index in [-0.39, 0.29) is 0 Å². The Hall–Kier alpha value is -0.160. The maximum Gasteiger partial charge on any atom is 0.0624 e. The second kappa shape index (κ2) is 4.61. The topological polar surface area (TPSA) is 56.5 Å². The van der Waals surface area contributed by atoms with Crippen LogP contribution in [0.3, 0.4) is 0 Å². The van der Waals surface area contributed by atoms with Gasteiger partial charge in [0.1, 0.15) is 0 Å². The molecule has 4 nitrogen and oxygen atoms in total. The molecule has 0 radical (unpaired) electrons. The van der Waals surface area contributed by atoms with Crippen molar-refractivity contribution >= 4 is 0 Å². The molecule has 2 bridgehead atoms. The highest BCUT2D eigenvalue weighted by Gasteiger charge is 2.46. The molecule has 3 heterocycles. The molecule has 3 N–H and O–H groups in total. The Morgan fingerprint density at radius 3 is 2.50 bits per heavy atom. The minimum Gasteiger partial charge on any atom is -0.381 e. The number of fused-ring (bicyclic) bond motifs is 2. The molecule has 3 rings (SSSR count). The van der Waals surface area contributed by atoms with Gasteiger partial charge < -0.3 is 9.47 Å². The maximum atomic E-state index is 5.93.